The van der Waals surface area contributed by atoms with Gasteiger partial charge in [0.1, 0.15) is 11.6 Å². The van der Waals surface area contributed by atoms with E-state index in [9.17, 15) is 4.79 Å². The van der Waals surface area contributed by atoms with E-state index in [1.807, 2.05) is 25.1 Å². The van der Waals surface area contributed by atoms with Gasteiger partial charge in [-0.3, -0.25) is 4.79 Å². The van der Waals surface area contributed by atoms with E-state index < -0.39 is 0 Å². The Morgan fingerprint density at radius 1 is 1.33 bits per heavy atom. The molecule has 27 heavy (non-hydrogen) atoms. The number of unbranched alkanes of at least 4 members (excludes halogenated alkanes) is 1. The molecule has 0 saturated heterocycles. The Balaban J connectivity index is 2.34. The highest BCUT2D eigenvalue weighted by Crippen LogP contribution is 2.28. The molecule has 0 atom stereocenters. The van der Waals surface area contributed by atoms with Crippen molar-refractivity contribution in [3.63, 3.8) is 0 Å². The number of nitrogen functional groups attached to an aromatic ring is 1. The second kappa shape index (κ2) is 9.71. The van der Waals surface area contributed by atoms with Crippen molar-refractivity contribution in [1.29, 1.82) is 0 Å². The number of nitrogens with one attached hydrogen (secondary N) is 1. The van der Waals surface area contributed by atoms with E-state index in [0.29, 0.717) is 6.42 Å². The Kier molecular flexibility index (Phi) is 7.34. The molecule has 3 N–H and O–H groups in total. The topological polar surface area (TPSA) is 90.1 Å². The third-order valence-corrected chi connectivity index (χ3v) is 4.24. The average molecular weight is 368 g/mol. The second-order valence-corrected chi connectivity index (χ2v) is 6.47. The van der Waals surface area contributed by atoms with Crippen LogP contribution in [0.5, 0.6) is 5.75 Å². The molecule has 0 aliphatic heterocycles. The number of aryl methyl sites for hydroxylation is 1. The predicted molar refractivity (Wildman–Crippen MR) is 110 cm³/mol. The number of allylic oxidation sites excluding steroid dienone is 1. The van der Waals surface area contributed by atoms with Gasteiger partial charge in [0, 0.05) is 24.2 Å². The Morgan fingerprint density at radius 2 is 2.11 bits per heavy atom. The van der Waals surface area contributed by atoms with Crippen LogP contribution in [-0.4, -0.2) is 29.4 Å². The number of rotatable bonds is 9. The largest absolute Gasteiger partial charge is 0.496 e. The molecule has 2 rings (SSSR count). The number of anilines is 2. The summed E-state index contributed by atoms with van der Waals surface area (Å²) in [4.78, 5) is 19.8. The molecule has 0 fully saturated rings. The minimum Gasteiger partial charge on any atom is -0.496 e. The number of ether oxygens (including phenoxy) is 1. The van der Waals surface area contributed by atoms with E-state index in [4.69, 9.17) is 10.5 Å². The van der Waals surface area contributed by atoms with Crippen molar-refractivity contribution in [3.8, 4) is 5.75 Å². The van der Waals surface area contributed by atoms with Gasteiger partial charge in [-0.25, -0.2) is 4.98 Å². The van der Waals surface area contributed by atoms with Gasteiger partial charge in [0.15, 0.2) is 5.78 Å². The van der Waals surface area contributed by atoms with Gasteiger partial charge in [-0.1, -0.05) is 31.6 Å². The molecule has 0 bridgehead atoms. The van der Waals surface area contributed by atoms with Crippen molar-refractivity contribution in [1.82, 2.24) is 9.97 Å². The third kappa shape index (κ3) is 5.81. The zero-order valence-electron chi connectivity index (χ0n) is 16.5. The first kappa shape index (κ1) is 20.4. The van der Waals surface area contributed by atoms with E-state index >= 15 is 0 Å². The van der Waals surface area contributed by atoms with Crippen LogP contribution >= 0.6 is 0 Å². The summed E-state index contributed by atoms with van der Waals surface area (Å²) >= 11 is 0. The first-order chi connectivity index (χ1) is 12.9. The standard InChI is InChI=1S/C21H28N4O2/c1-5-6-11-23-20-18(15(3)24-21(22)25-20)13-17-10-9-16(8-7-14(2)26)12-19(17)27-4/h7-10,12H,5-6,11,13H2,1-4H3,(H3,22,23,24,25)/b8-7+. The number of carbonyl (C=O) groups excluding carboxylic acids is 1. The number of aromatic nitrogens is 2. The first-order valence-electron chi connectivity index (χ1n) is 9.17. The van der Waals surface area contributed by atoms with Crippen LogP contribution in [0, 0.1) is 6.92 Å². The van der Waals surface area contributed by atoms with Crippen LogP contribution in [0.15, 0.2) is 24.3 Å². The maximum absolute atomic E-state index is 11.1. The summed E-state index contributed by atoms with van der Waals surface area (Å²) in [6.45, 7) is 6.45. The summed E-state index contributed by atoms with van der Waals surface area (Å²) in [5.74, 6) is 1.81. The highest BCUT2D eigenvalue weighted by molar-refractivity contribution is 5.91. The lowest BCUT2D eigenvalue weighted by Gasteiger charge is -2.15. The summed E-state index contributed by atoms with van der Waals surface area (Å²) in [5, 5.41) is 3.38. The predicted octanol–water partition coefficient (Wildman–Crippen LogP) is 3.78. The molecule has 0 radical (unpaired) electrons. The maximum atomic E-state index is 11.1. The maximum Gasteiger partial charge on any atom is 0.222 e. The van der Waals surface area contributed by atoms with Gasteiger partial charge >= 0.3 is 0 Å². The molecule has 6 nitrogen and oxygen atoms in total. The molecule has 1 aromatic heterocycles. The SMILES string of the molecule is CCCCNc1nc(N)nc(C)c1Cc1ccc(/C=C/C(C)=O)cc1OC. The fourth-order valence-corrected chi connectivity index (χ4v) is 2.77. The van der Waals surface area contributed by atoms with Gasteiger partial charge in [-0.05, 0) is 43.5 Å². The monoisotopic (exact) mass is 368 g/mol. The number of benzene rings is 1. The summed E-state index contributed by atoms with van der Waals surface area (Å²) in [6.07, 6.45) is 6.11. The quantitative estimate of drug-likeness (QED) is 0.517. The molecule has 0 aliphatic carbocycles. The van der Waals surface area contributed by atoms with Crippen LogP contribution in [0.3, 0.4) is 0 Å². The van der Waals surface area contributed by atoms with Crippen molar-refractivity contribution in [2.45, 2.75) is 40.0 Å². The average Bonchev–Trinajstić information content (AvgIpc) is 2.63. The summed E-state index contributed by atoms with van der Waals surface area (Å²) < 4.78 is 5.56. The van der Waals surface area contributed by atoms with Gasteiger partial charge in [0.25, 0.3) is 0 Å². The molecule has 6 heteroatoms. The van der Waals surface area contributed by atoms with Gasteiger partial charge in [0.05, 0.1) is 7.11 Å². The smallest absolute Gasteiger partial charge is 0.222 e. The van der Waals surface area contributed by atoms with Crippen LogP contribution in [-0.2, 0) is 11.2 Å². The highest BCUT2D eigenvalue weighted by atomic mass is 16.5. The van der Waals surface area contributed by atoms with Crippen LogP contribution in [0.25, 0.3) is 6.08 Å². The van der Waals surface area contributed by atoms with Gasteiger partial charge in [-0.15, -0.1) is 0 Å². The van der Waals surface area contributed by atoms with Crippen molar-refractivity contribution in [2.75, 3.05) is 24.7 Å². The van der Waals surface area contributed by atoms with Crippen molar-refractivity contribution >= 4 is 23.6 Å². The number of ketones is 1. The number of nitrogens with zero attached hydrogens (tertiary/aromatic N) is 2. The van der Waals surface area contributed by atoms with Crippen molar-refractivity contribution < 1.29 is 9.53 Å². The summed E-state index contributed by atoms with van der Waals surface area (Å²) in [5.41, 5.74) is 9.63. The van der Waals surface area contributed by atoms with Crippen molar-refractivity contribution in [3.05, 3.63) is 46.7 Å². The van der Waals surface area contributed by atoms with E-state index in [2.05, 4.69) is 22.2 Å². The fourth-order valence-electron chi connectivity index (χ4n) is 2.77. The molecule has 0 amide bonds. The molecule has 1 aromatic carbocycles. The summed E-state index contributed by atoms with van der Waals surface area (Å²) in [6, 6.07) is 5.89. The number of carbonyl (C=O) groups is 1. The molecule has 0 unspecified atom stereocenters. The lowest BCUT2D eigenvalue weighted by molar-refractivity contribution is -0.112. The minimum atomic E-state index is 0.00971. The fraction of sp³-hybridized carbons (Fsp3) is 0.381. The normalized spacial score (nSPS) is 11.0. The van der Waals surface area contributed by atoms with Gasteiger partial charge in [-0.2, -0.15) is 4.98 Å². The Hall–Kier alpha value is -2.89. The highest BCUT2D eigenvalue weighted by Gasteiger charge is 2.14. The summed E-state index contributed by atoms with van der Waals surface area (Å²) in [7, 11) is 1.64. The lowest BCUT2D eigenvalue weighted by Crippen LogP contribution is -2.11. The van der Waals surface area contributed by atoms with Crippen LogP contribution in [0.2, 0.25) is 0 Å². The molecule has 0 spiro atoms. The zero-order chi connectivity index (χ0) is 19.8. The van der Waals surface area contributed by atoms with Crippen LogP contribution < -0.4 is 15.8 Å². The Bertz CT molecular complexity index is 831. The molecule has 144 valence electrons. The molecule has 2 aromatic rings. The van der Waals surface area contributed by atoms with E-state index in [0.717, 1.165) is 53.3 Å². The lowest BCUT2D eigenvalue weighted by atomic mass is 10.0. The molecule has 1 heterocycles. The molecular weight excluding hydrogens is 340 g/mol. The molecular formula is C21H28N4O2. The minimum absolute atomic E-state index is 0.00971. The van der Waals surface area contributed by atoms with Crippen LogP contribution in [0.4, 0.5) is 11.8 Å². The van der Waals surface area contributed by atoms with Gasteiger partial charge < -0.3 is 15.8 Å². The zero-order valence-corrected chi connectivity index (χ0v) is 16.5. The Morgan fingerprint density at radius 3 is 2.78 bits per heavy atom. The number of hydrogen-bond acceptors (Lipinski definition) is 6. The second-order valence-electron chi connectivity index (χ2n) is 6.47. The van der Waals surface area contributed by atoms with Crippen LogP contribution in [0.1, 0.15) is 49.1 Å². The third-order valence-electron chi connectivity index (χ3n) is 4.24. The Labute approximate surface area is 160 Å². The number of nitrogens with two attached hydrogens (primary N) is 1. The molecule has 0 saturated carbocycles. The van der Waals surface area contributed by atoms with Gasteiger partial charge in [0.2, 0.25) is 5.95 Å². The first-order valence-corrected chi connectivity index (χ1v) is 9.17. The molecule has 0 aliphatic rings. The van der Waals surface area contributed by atoms with E-state index in [1.165, 1.54) is 6.92 Å². The number of methoxy groups -OCH3 is 1. The van der Waals surface area contributed by atoms with Crippen molar-refractivity contribution in [2.24, 2.45) is 0 Å². The van der Waals surface area contributed by atoms with E-state index in [-0.39, 0.29) is 11.7 Å². The van der Waals surface area contributed by atoms with E-state index in [1.54, 1.807) is 19.3 Å². The number of hydrogen-bond donors (Lipinski definition) is 2.